The Bertz CT molecular complexity index is 569. The molecular weight excluding hydrogens is 274 g/mol. The van der Waals surface area contributed by atoms with Crippen molar-refractivity contribution in [3.8, 4) is 0 Å². The Hall–Kier alpha value is -1.64. The quantitative estimate of drug-likeness (QED) is 0.845. The maximum absolute atomic E-state index is 12.7. The average Bonchev–Trinajstić information content (AvgIpc) is 2.46. The number of benzene rings is 1. The summed E-state index contributed by atoms with van der Waals surface area (Å²) in [5, 5.41) is 0. The minimum absolute atomic E-state index is 0.102. The maximum Gasteiger partial charge on any atom is 0.254 e. The van der Waals surface area contributed by atoms with E-state index in [1.807, 2.05) is 30.9 Å². The highest BCUT2D eigenvalue weighted by molar-refractivity contribution is 5.95. The van der Waals surface area contributed by atoms with Gasteiger partial charge >= 0.3 is 0 Å². The van der Waals surface area contributed by atoms with Crippen LogP contribution in [0.4, 0.5) is 0 Å². The molecule has 0 spiro atoms. The Labute approximate surface area is 133 Å². The Balaban J connectivity index is 2.07. The lowest BCUT2D eigenvalue weighted by Gasteiger charge is -2.41. The number of ketones is 1. The molecule has 3 heteroatoms. The molecule has 0 aliphatic carbocycles. The van der Waals surface area contributed by atoms with Crippen LogP contribution in [0.15, 0.2) is 18.2 Å². The van der Waals surface area contributed by atoms with Gasteiger partial charge in [-0.1, -0.05) is 24.6 Å². The van der Waals surface area contributed by atoms with Gasteiger partial charge in [0.15, 0.2) is 0 Å². The summed E-state index contributed by atoms with van der Waals surface area (Å²) in [6.45, 7) is 9.38. The molecule has 1 aromatic rings. The molecular formula is C19H27NO2. The zero-order valence-electron chi connectivity index (χ0n) is 14.2. The molecule has 0 saturated carbocycles. The van der Waals surface area contributed by atoms with Crippen molar-refractivity contribution in [1.82, 2.24) is 4.90 Å². The number of nitrogens with zero attached hydrogens (tertiary/aromatic N) is 1. The van der Waals surface area contributed by atoms with Crippen molar-refractivity contribution in [2.24, 2.45) is 5.41 Å². The first-order chi connectivity index (χ1) is 10.4. The molecule has 2 rings (SSSR count). The second-order valence-corrected chi connectivity index (χ2v) is 6.84. The minimum atomic E-state index is 0.102. The van der Waals surface area contributed by atoms with E-state index in [1.54, 1.807) is 6.92 Å². The highest BCUT2D eigenvalue weighted by atomic mass is 16.2. The number of carbonyl (C=O) groups is 2. The summed E-state index contributed by atoms with van der Waals surface area (Å²) in [5.74, 6) is 0.390. The lowest BCUT2D eigenvalue weighted by atomic mass is 9.72. The third-order valence-electron chi connectivity index (χ3n) is 5.10. The average molecular weight is 301 g/mol. The fourth-order valence-electron chi connectivity index (χ4n) is 3.59. The third-order valence-corrected chi connectivity index (χ3v) is 5.10. The topological polar surface area (TPSA) is 37.4 Å². The molecule has 0 aromatic heterocycles. The Morgan fingerprint density at radius 2 is 1.82 bits per heavy atom. The summed E-state index contributed by atoms with van der Waals surface area (Å²) in [6.07, 6.45) is 3.52. The van der Waals surface area contributed by atoms with Gasteiger partial charge in [0.1, 0.15) is 5.78 Å². The first-order valence-electron chi connectivity index (χ1n) is 8.23. The van der Waals surface area contributed by atoms with Gasteiger partial charge in [-0.05, 0) is 57.1 Å². The molecule has 1 aliphatic heterocycles. The van der Waals surface area contributed by atoms with Crippen LogP contribution in [-0.4, -0.2) is 29.7 Å². The lowest BCUT2D eigenvalue weighted by molar-refractivity contribution is -0.120. The van der Waals surface area contributed by atoms with Gasteiger partial charge in [-0.2, -0.15) is 0 Å². The molecule has 22 heavy (non-hydrogen) atoms. The van der Waals surface area contributed by atoms with Crippen LogP contribution in [0.2, 0.25) is 0 Å². The molecule has 0 bridgehead atoms. The molecule has 0 unspecified atom stereocenters. The van der Waals surface area contributed by atoms with Crippen molar-refractivity contribution in [3.05, 3.63) is 34.9 Å². The maximum atomic E-state index is 12.7. The highest BCUT2D eigenvalue weighted by Gasteiger charge is 2.35. The number of amides is 1. The van der Waals surface area contributed by atoms with Crippen LogP contribution in [-0.2, 0) is 4.79 Å². The fraction of sp³-hybridized carbons (Fsp3) is 0.579. The summed E-state index contributed by atoms with van der Waals surface area (Å²) in [6, 6.07) is 5.99. The van der Waals surface area contributed by atoms with Crippen LogP contribution in [0.25, 0.3) is 0 Å². The predicted octanol–water partition coefficient (Wildman–Crippen LogP) is 3.91. The fourth-order valence-corrected chi connectivity index (χ4v) is 3.59. The van der Waals surface area contributed by atoms with E-state index in [2.05, 4.69) is 13.0 Å². The summed E-state index contributed by atoms with van der Waals surface area (Å²) in [5.41, 5.74) is 3.13. The predicted molar refractivity (Wildman–Crippen MR) is 89.1 cm³/mol. The SMILES string of the molecule is CCC1(CC(C)=O)CCN(C(=O)c2ccc(C)cc2C)CC1. The second-order valence-electron chi connectivity index (χ2n) is 6.84. The molecule has 1 saturated heterocycles. The summed E-state index contributed by atoms with van der Waals surface area (Å²) in [7, 11) is 0. The summed E-state index contributed by atoms with van der Waals surface area (Å²) in [4.78, 5) is 26.2. The van der Waals surface area contributed by atoms with Gasteiger partial charge in [-0.3, -0.25) is 4.79 Å². The van der Waals surface area contributed by atoms with Crippen LogP contribution in [0.3, 0.4) is 0 Å². The van der Waals surface area contributed by atoms with E-state index in [4.69, 9.17) is 0 Å². The van der Waals surface area contributed by atoms with Crippen molar-refractivity contribution < 1.29 is 9.59 Å². The van der Waals surface area contributed by atoms with E-state index in [9.17, 15) is 9.59 Å². The first kappa shape index (κ1) is 16.7. The van der Waals surface area contributed by atoms with Crippen molar-refractivity contribution in [1.29, 1.82) is 0 Å². The molecule has 0 atom stereocenters. The van der Waals surface area contributed by atoms with Crippen molar-refractivity contribution in [3.63, 3.8) is 0 Å². The highest BCUT2D eigenvalue weighted by Crippen LogP contribution is 2.38. The van der Waals surface area contributed by atoms with Gasteiger partial charge < -0.3 is 9.69 Å². The van der Waals surface area contributed by atoms with Crippen LogP contribution in [0, 0.1) is 19.3 Å². The Morgan fingerprint density at radius 3 is 2.32 bits per heavy atom. The standard InChI is InChI=1S/C19H27NO2/c1-5-19(13-16(4)21)8-10-20(11-9-19)18(22)17-7-6-14(2)12-15(17)3/h6-7,12H,5,8-11,13H2,1-4H3. The van der Waals surface area contributed by atoms with E-state index >= 15 is 0 Å². The van der Waals surface area contributed by atoms with E-state index < -0.39 is 0 Å². The number of hydrogen-bond donors (Lipinski definition) is 0. The van der Waals surface area contributed by atoms with Gasteiger partial charge in [-0.15, -0.1) is 0 Å². The molecule has 1 fully saturated rings. The number of carbonyl (C=O) groups excluding carboxylic acids is 2. The van der Waals surface area contributed by atoms with Gasteiger partial charge in [0, 0.05) is 25.1 Å². The molecule has 1 heterocycles. The van der Waals surface area contributed by atoms with Crippen molar-refractivity contribution in [2.45, 2.75) is 53.4 Å². The smallest absolute Gasteiger partial charge is 0.254 e. The molecule has 0 N–H and O–H groups in total. The first-order valence-corrected chi connectivity index (χ1v) is 8.23. The zero-order valence-corrected chi connectivity index (χ0v) is 14.2. The molecule has 1 aromatic carbocycles. The van der Waals surface area contributed by atoms with Gasteiger partial charge in [-0.25, -0.2) is 0 Å². The van der Waals surface area contributed by atoms with E-state index in [-0.39, 0.29) is 17.1 Å². The second kappa shape index (κ2) is 6.64. The van der Waals surface area contributed by atoms with E-state index in [0.717, 1.165) is 43.5 Å². The van der Waals surface area contributed by atoms with Crippen molar-refractivity contribution >= 4 is 11.7 Å². The number of piperidine rings is 1. The number of aryl methyl sites for hydroxylation is 2. The molecule has 0 radical (unpaired) electrons. The number of rotatable bonds is 4. The number of likely N-dealkylation sites (tertiary alicyclic amines) is 1. The Morgan fingerprint density at radius 1 is 1.18 bits per heavy atom. The molecule has 1 amide bonds. The van der Waals surface area contributed by atoms with Gasteiger partial charge in [0.25, 0.3) is 5.91 Å². The number of hydrogen-bond acceptors (Lipinski definition) is 2. The van der Waals surface area contributed by atoms with Crippen LogP contribution < -0.4 is 0 Å². The summed E-state index contributed by atoms with van der Waals surface area (Å²) >= 11 is 0. The van der Waals surface area contributed by atoms with Crippen LogP contribution in [0.5, 0.6) is 0 Å². The lowest BCUT2D eigenvalue weighted by Crippen LogP contribution is -2.43. The van der Waals surface area contributed by atoms with Crippen molar-refractivity contribution in [2.75, 3.05) is 13.1 Å². The van der Waals surface area contributed by atoms with Crippen LogP contribution >= 0.6 is 0 Å². The van der Waals surface area contributed by atoms with E-state index in [0.29, 0.717) is 6.42 Å². The van der Waals surface area contributed by atoms with E-state index in [1.165, 1.54) is 5.56 Å². The van der Waals surface area contributed by atoms with Gasteiger partial charge in [0.05, 0.1) is 0 Å². The minimum Gasteiger partial charge on any atom is -0.339 e. The monoisotopic (exact) mass is 301 g/mol. The van der Waals surface area contributed by atoms with Gasteiger partial charge in [0.2, 0.25) is 0 Å². The molecule has 120 valence electrons. The zero-order chi connectivity index (χ0) is 16.3. The third kappa shape index (κ3) is 3.57. The summed E-state index contributed by atoms with van der Waals surface area (Å²) < 4.78 is 0. The van der Waals surface area contributed by atoms with Crippen LogP contribution in [0.1, 0.15) is 61.0 Å². The normalized spacial score (nSPS) is 17.4. The Kier molecular flexibility index (Phi) is 5.05. The number of Topliss-reactive ketones (excluding diaryl/α,β-unsaturated/α-hetero) is 1. The molecule has 1 aliphatic rings. The largest absolute Gasteiger partial charge is 0.339 e. The molecule has 3 nitrogen and oxygen atoms in total.